The molecule has 1 unspecified atom stereocenters. The van der Waals surface area contributed by atoms with E-state index in [2.05, 4.69) is 20.6 Å². The number of pyridine rings is 1. The minimum Gasteiger partial charge on any atom is -0.493 e. The molecule has 11 nitrogen and oxygen atoms in total. The van der Waals surface area contributed by atoms with Gasteiger partial charge in [0, 0.05) is 17.7 Å². The lowest BCUT2D eigenvalue weighted by molar-refractivity contribution is 0.248. The Morgan fingerprint density at radius 3 is 2.71 bits per heavy atom. The predicted octanol–water partition coefficient (Wildman–Crippen LogP) is 1.01. The molecule has 0 bridgehead atoms. The number of ether oxygens (including phenoxy) is 2. The molecule has 0 fully saturated rings. The zero-order chi connectivity index (χ0) is 22.5. The first-order chi connectivity index (χ1) is 14.9. The van der Waals surface area contributed by atoms with Crippen molar-refractivity contribution >= 4 is 23.3 Å². The maximum atomic E-state index is 9.49. The number of anilines is 3. The van der Waals surface area contributed by atoms with Gasteiger partial charge >= 0.3 is 0 Å². The van der Waals surface area contributed by atoms with E-state index in [0.29, 0.717) is 41.6 Å². The maximum absolute atomic E-state index is 9.49. The molecule has 11 heteroatoms. The van der Waals surface area contributed by atoms with E-state index in [9.17, 15) is 5.26 Å². The highest BCUT2D eigenvalue weighted by Gasteiger charge is 2.32. The van der Waals surface area contributed by atoms with Crippen molar-refractivity contribution in [3.05, 3.63) is 34.9 Å². The van der Waals surface area contributed by atoms with E-state index in [1.807, 2.05) is 37.3 Å². The quantitative estimate of drug-likeness (QED) is 0.390. The van der Waals surface area contributed by atoms with Gasteiger partial charge in [0.2, 0.25) is 5.96 Å². The molecule has 0 amide bonds. The number of nitrogens with zero attached hydrogens (tertiary/aromatic N) is 5. The Morgan fingerprint density at radius 1 is 1.29 bits per heavy atom. The van der Waals surface area contributed by atoms with Crippen LogP contribution in [0.25, 0.3) is 0 Å². The largest absolute Gasteiger partial charge is 0.493 e. The Bertz CT molecular complexity index is 1100. The molecule has 1 aromatic heterocycles. The van der Waals surface area contributed by atoms with Crippen LogP contribution in [0.2, 0.25) is 0 Å². The van der Waals surface area contributed by atoms with Crippen LogP contribution in [0, 0.1) is 22.8 Å². The number of nitrogens with two attached hydrogens (primary N) is 2. The molecule has 160 valence electrons. The summed E-state index contributed by atoms with van der Waals surface area (Å²) in [6, 6.07) is 6.66. The summed E-state index contributed by atoms with van der Waals surface area (Å²) in [6.45, 7) is 1.09. The summed E-state index contributed by atoms with van der Waals surface area (Å²) in [5.74, 6) is 1.45. The van der Waals surface area contributed by atoms with Gasteiger partial charge in [0.15, 0.2) is 17.7 Å². The Hall–Kier alpha value is -4.22. The van der Waals surface area contributed by atoms with Gasteiger partial charge in [-0.05, 0) is 20.2 Å². The lowest BCUT2D eigenvalue weighted by Crippen LogP contribution is -2.33. The maximum Gasteiger partial charge on any atom is 0.211 e. The third kappa shape index (κ3) is 4.22. The lowest BCUT2D eigenvalue weighted by Gasteiger charge is -2.27. The van der Waals surface area contributed by atoms with Gasteiger partial charge < -0.3 is 31.2 Å². The second-order valence-electron chi connectivity index (χ2n) is 6.93. The predicted molar refractivity (Wildman–Crippen MR) is 116 cm³/mol. The Kier molecular flexibility index (Phi) is 6.29. The van der Waals surface area contributed by atoms with Crippen LogP contribution >= 0.6 is 0 Å². The molecule has 6 N–H and O–H groups in total. The van der Waals surface area contributed by atoms with Gasteiger partial charge in [0.25, 0.3) is 0 Å². The Morgan fingerprint density at radius 2 is 2.06 bits per heavy atom. The van der Waals surface area contributed by atoms with E-state index in [1.54, 1.807) is 19.2 Å². The van der Waals surface area contributed by atoms with Crippen molar-refractivity contribution in [2.45, 2.75) is 6.04 Å². The average molecular weight is 421 g/mol. The molecule has 3 rings (SSSR count). The van der Waals surface area contributed by atoms with Gasteiger partial charge in [0.05, 0.1) is 12.8 Å². The third-order valence-corrected chi connectivity index (χ3v) is 4.67. The standard InChI is InChI=1S/C20H23N9O2/c1-29(2)7-8-31-17-11(5-4-6-13(17)30-3)16-14-15(23)12(9-21)18(24)27-19(14)28-20(26-16)25-10-22/h4-6,16H,7-8H2,1-3H3,(H6,23,24,25,26,27,28). The van der Waals surface area contributed by atoms with Gasteiger partial charge in [-0.15, -0.1) is 0 Å². The van der Waals surface area contributed by atoms with Crippen molar-refractivity contribution < 1.29 is 9.47 Å². The van der Waals surface area contributed by atoms with Crippen molar-refractivity contribution in [3.8, 4) is 23.8 Å². The number of nitriles is 2. The van der Waals surface area contributed by atoms with Crippen molar-refractivity contribution in [2.75, 3.05) is 51.1 Å². The number of fused-ring (bicyclic) bond motifs is 1. The second-order valence-corrected chi connectivity index (χ2v) is 6.93. The second kappa shape index (κ2) is 9.07. The van der Waals surface area contributed by atoms with Crippen LogP contribution in [0.1, 0.15) is 22.7 Å². The SMILES string of the molecule is COc1cccc(C2N=C(NC#N)Nc3nc(N)c(C#N)c(N)c32)c1OCCN(C)C. The summed E-state index contributed by atoms with van der Waals surface area (Å²) in [6.07, 6.45) is 1.83. The summed E-state index contributed by atoms with van der Waals surface area (Å²) < 4.78 is 11.6. The van der Waals surface area contributed by atoms with Crippen molar-refractivity contribution in [1.29, 1.82) is 10.5 Å². The number of aromatic nitrogens is 1. The van der Waals surface area contributed by atoms with Crippen LogP contribution in [-0.4, -0.2) is 50.2 Å². The fraction of sp³-hybridized carbons (Fsp3) is 0.300. The molecule has 1 aliphatic heterocycles. The topological polar surface area (TPSA) is 171 Å². The molecule has 1 aromatic carbocycles. The van der Waals surface area contributed by atoms with Crippen LogP contribution < -0.4 is 31.6 Å². The molecule has 0 spiro atoms. The normalized spacial score (nSPS) is 14.5. The number of aliphatic imine (C=N–C) groups is 1. The number of likely N-dealkylation sites (N-methyl/N-ethyl adjacent to an activating group) is 1. The number of rotatable bonds is 6. The van der Waals surface area contributed by atoms with Gasteiger partial charge in [-0.25, -0.2) is 9.98 Å². The molecular formula is C20H23N9O2. The smallest absolute Gasteiger partial charge is 0.211 e. The number of benzene rings is 1. The van der Waals surface area contributed by atoms with Gasteiger partial charge in [-0.3, -0.25) is 5.32 Å². The van der Waals surface area contributed by atoms with Crippen LogP contribution in [0.4, 0.5) is 17.3 Å². The summed E-state index contributed by atoms with van der Waals surface area (Å²) in [7, 11) is 5.43. The molecule has 1 aliphatic rings. The Balaban J connectivity index is 2.20. The van der Waals surface area contributed by atoms with E-state index in [1.165, 1.54) is 0 Å². The number of nitrogens with one attached hydrogen (secondary N) is 2. The van der Waals surface area contributed by atoms with Crippen molar-refractivity contribution in [1.82, 2.24) is 15.2 Å². The highest BCUT2D eigenvalue weighted by atomic mass is 16.5. The zero-order valence-electron chi connectivity index (χ0n) is 17.4. The first kappa shape index (κ1) is 21.5. The first-order valence-corrected chi connectivity index (χ1v) is 9.34. The first-order valence-electron chi connectivity index (χ1n) is 9.34. The number of guanidine groups is 1. The molecule has 2 aromatic rings. The van der Waals surface area contributed by atoms with E-state index in [4.69, 9.17) is 26.2 Å². The van der Waals surface area contributed by atoms with Crippen LogP contribution in [0.3, 0.4) is 0 Å². The van der Waals surface area contributed by atoms with Gasteiger partial charge in [0.1, 0.15) is 35.9 Å². The van der Waals surface area contributed by atoms with Crippen molar-refractivity contribution in [2.24, 2.45) is 4.99 Å². The molecule has 0 radical (unpaired) electrons. The molecule has 31 heavy (non-hydrogen) atoms. The molecule has 0 aliphatic carbocycles. The summed E-state index contributed by atoms with van der Waals surface area (Å²) in [5.41, 5.74) is 13.5. The summed E-state index contributed by atoms with van der Waals surface area (Å²) >= 11 is 0. The highest BCUT2D eigenvalue weighted by Crippen LogP contribution is 2.45. The molecule has 0 saturated heterocycles. The monoisotopic (exact) mass is 421 g/mol. The minimum atomic E-state index is -0.725. The highest BCUT2D eigenvalue weighted by molar-refractivity contribution is 5.98. The molecule has 2 heterocycles. The summed E-state index contributed by atoms with van der Waals surface area (Å²) in [5, 5.41) is 23.9. The van der Waals surface area contributed by atoms with Crippen LogP contribution in [-0.2, 0) is 0 Å². The molecule has 0 saturated carbocycles. The number of methoxy groups -OCH3 is 1. The minimum absolute atomic E-state index is 0.0173. The number of nitrogen functional groups attached to an aromatic ring is 2. The molecule has 1 atom stereocenters. The summed E-state index contributed by atoms with van der Waals surface area (Å²) in [4.78, 5) is 10.8. The zero-order valence-corrected chi connectivity index (χ0v) is 17.4. The van der Waals surface area contributed by atoms with Gasteiger partial charge in [-0.1, -0.05) is 12.1 Å². The molecular weight excluding hydrogens is 398 g/mol. The van der Waals surface area contributed by atoms with Gasteiger partial charge in [-0.2, -0.15) is 10.5 Å². The van der Waals surface area contributed by atoms with E-state index in [-0.39, 0.29) is 23.0 Å². The van der Waals surface area contributed by atoms with E-state index in [0.717, 1.165) is 0 Å². The number of hydrogen-bond donors (Lipinski definition) is 4. The number of hydrogen-bond acceptors (Lipinski definition) is 11. The Labute approximate surface area is 179 Å². The van der Waals surface area contributed by atoms with E-state index < -0.39 is 6.04 Å². The van der Waals surface area contributed by atoms with E-state index >= 15 is 0 Å². The number of para-hydroxylation sites is 1. The fourth-order valence-corrected chi connectivity index (χ4v) is 3.20. The van der Waals surface area contributed by atoms with Crippen LogP contribution in [0.5, 0.6) is 11.5 Å². The van der Waals surface area contributed by atoms with Crippen LogP contribution in [0.15, 0.2) is 23.2 Å². The fourth-order valence-electron chi connectivity index (χ4n) is 3.20. The average Bonchev–Trinajstić information content (AvgIpc) is 2.73. The van der Waals surface area contributed by atoms with Crippen molar-refractivity contribution in [3.63, 3.8) is 0 Å². The lowest BCUT2D eigenvalue weighted by atomic mass is 9.94. The third-order valence-electron chi connectivity index (χ3n) is 4.67.